The molecule has 0 spiro atoms. The van der Waals surface area contributed by atoms with Crippen LogP contribution in [0.4, 0.5) is 8.78 Å². The smallest absolute Gasteiger partial charge is 0.255 e. The molecule has 0 aliphatic heterocycles. The van der Waals surface area contributed by atoms with Gasteiger partial charge in [-0.1, -0.05) is 36.4 Å². The predicted molar refractivity (Wildman–Crippen MR) is 116 cm³/mol. The maximum absolute atomic E-state index is 13.5. The molecule has 3 aromatic carbocycles. The van der Waals surface area contributed by atoms with Gasteiger partial charge in [-0.25, -0.2) is 13.8 Å². The average Bonchev–Trinajstić information content (AvgIpc) is 3.23. The fourth-order valence-electron chi connectivity index (χ4n) is 3.34. The van der Waals surface area contributed by atoms with Crippen molar-refractivity contribution in [3.8, 4) is 5.75 Å². The Morgan fingerprint density at radius 3 is 2.31 bits per heavy atom. The molecule has 7 heteroatoms. The number of para-hydroxylation sites is 1. The van der Waals surface area contributed by atoms with Gasteiger partial charge in [-0.05, 0) is 47.5 Å². The zero-order valence-electron chi connectivity index (χ0n) is 17.3. The first-order chi connectivity index (χ1) is 15.5. The van der Waals surface area contributed by atoms with Crippen LogP contribution in [-0.2, 0) is 13.7 Å². The van der Waals surface area contributed by atoms with Gasteiger partial charge in [-0.3, -0.25) is 4.79 Å². The van der Waals surface area contributed by atoms with Crippen LogP contribution in [0, 0.1) is 11.6 Å². The van der Waals surface area contributed by atoms with Crippen LogP contribution in [0.25, 0.3) is 0 Å². The predicted octanol–water partition coefficient (Wildman–Crippen LogP) is 4.80. The highest BCUT2D eigenvalue weighted by atomic mass is 19.1. The molecule has 0 saturated heterocycles. The van der Waals surface area contributed by atoms with Crippen molar-refractivity contribution >= 4 is 5.91 Å². The maximum Gasteiger partial charge on any atom is 0.255 e. The molecule has 1 N–H and O–H groups in total. The van der Waals surface area contributed by atoms with Gasteiger partial charge in [0.1, 0.15) is 35.9 Å². The molecule has 0 saturated carbocycles. The van der Waals surface area contributed by atoms with Crippen LogP contribution >= 0.6 is 0 Å². The van der Waals surface area contributed by atoms with Crippen molar-refractivity contribution in [1.82, 2.24) is 14.9 Å². The SMILES string of the molecule is Cn1ccnc1[C@@H](NC(=O)c1ccccc1OCc1ccc(F)cc1)c1ccc(F)cc1. The van der Waals surface area contributed by atoms with Crippen LogP contribution in [0.3, 0.4) is 0 Å². The number of halogens is 2. The molecule has 0 bridgehead atoms. The summed E-state index contributed by atoms with van der Waals surface area (Å²) < 4.78 is 34.2. The van der Waals surface area contributed by atoms with E-state index in [0.29, 0.717) is 22.7 Å². The van der Waals surface area contributed by atoms with Gasteiger partial charge in [0.25, 0.3) is 5.91 Å². The van der Waals surface area contributed by atoms with Crippen molar-refractivity contribution < 1.29 is 18.3 Å². The highest BCUT2D eigenvalue weighted by molar-refractivity contribution is 5.97. The number of aryl methyl sites for hydroxylation is 1. The Morgan fingerprint density at radius 1 is 1.00 bits per heavy atom. The lowest BCUT2D eigenvalue weighted by molar-refractivity contribution is 0.0936. The molecule has 1 amide bonds. The lowest BCUT2D eigenvalue weighted by Crippen LogP contribution is -2.31. The van der Waals surface area contributed by atoms with Crippen LogP contribution in [0.15, 0.2) is 85.2 Å². The summed E-state index contributed by atoms with van der Waals surface area (Å²) >= 11 is 0. The number of rotatable bonds is 7. The second-order valence-corrected chi connectivity index (χ2v) is 7.27. The molecule has 0 aliphatic rings. The number of amides is 1. The van der Waals surface area contributed by atoms with E-state index in [-0.39, 0.29) is 24.1 Å². The van der Waals surface area contributed by atoms with E-state index in [1.807, 2.05) is 7.05 Å². The summed E-state index contributed by atoms with van der Waals surface area (Å²) in [5.74, 6) is -0.0495. The fraction of sp³-hybridized carbons (Fsp3) is 0.120. The van der Waals surface area contributed by atoms with Gasteiger partial charge in [-0.15, -0.1) is 0 Å². The van der Waals surface area contributed by atoms with E-state index in [4.69, 9.17) is 4.74 Å². The van der Waals surface area contributed by atoms with E-state index in [9.17, 15) is 13.6 Å². The summed E-state index contributed by atoms with van der Waals surface area (Å²) in [6, 6.07) is 18.2. The number of carbonyl (C=O) groups is 1. The van der Waals surface area contributed by atoms with Gasteiger partial charge in [-0.2, -0.15) is 0 Å². The number of ether oxygens (including phenoxy) is 1. The largest absolute Gasteiger partial charge is 0.488 e. The molecule has 4 aromatic rings. The minimum atomic E-state index is -0.590. The lowest BCUT2D eigenvalue weighted by Gasteiger charge is -2.20. The van der Waals surface area contributed by atoms with Crippen LogP contribution in [-0.4, -0.2) is 15.5 Å². The van der Waals surface area contributed by atoms with Gasteiger partial charge < -0.3 is 14.6 Å². The zero-order valence-corrected chi connectivity index (χ0v) is 17.3. The summed E-state index contributed by atoms with van der Waals surface area (Å²) in [4.78, 5) is 17.6. The first kappa shape index (κ1) is 21.2. The molecule has 1 aromatic heterocycles. The summed E-state index contributed by atoms with van der Waals surface area (Å²) in [5, 5.41) is 2.98. The van der Waals surface area contributed by atoms with E-state index < -0.39 is 6.04 Å². The Morgan fingerprint density at radius 2 is 1.66 bits per heavy atom. The molecule has 1 atom stereocenters. The highest BCUT2D eigenvalue weighted by Crippen LogP contribution is 2.24. The number of aromatic nitrogens is 2. The van der Waals surface area contributed by atoms with Crippen molar-refractivity contribution in [1.29, 1.82) is 0 Å². The van der Waals surface area contributed by atoms with Gasteiger partial charge in [0.15, 0.2) is 0 Å². The molecule has 0 radical (unpaired) electrons. The van der Waals surface area contributed by atoms with Crippen molar-refractivity contribution in [2.45, 2.75) is 12.6 Å². The Labute approximate surface area is 184 Å². The maximum atomic E-state index is 13.5. The third-order valence-corrected chi connectivity index (χ3v) is 5.03. The minimum absolute atomic E-state index is 0.186. The zero-order chi connectivity index (χ0) is 22.5. The third kappa shape index (κ3) is 4.83. The van der Waals surface area contributed by atoms with E-state index in [0.717, 1.165) is 5.56 Å². The molecule has 0 aliphatic carbocycles. The first-order valence-corrected chi connectivity index (χ1v) is 10.0. The summed E-state index contributed by atoms with van der Waals surface area (Å²) in [7, 11) is 1.82. The first-order valence-electron chi connectivity index (χ1n) is 10.0. The molecule has 162 valence electrons. The van der Waals surface area contributed by atoms with Gasteiger partial charge in [0.05, 0.1) is 5.56 Å². The number of nitrogens with zero attached hydrogens (tertiary/aromatic N) is 2. The van der Waals surface area contributed by atoms with Gasteiger partial charge in [0.2, 0.25) is 0 Å². The molecule has 0 fully saturated rings. The normalized spacial score (nSPS) is 11.7. The van der Waals surface area contributed by atoms with Crippen LogP contribution in [0.5, 0.6) is 5.75 Å². The molecule has 0 unspecified atom stereocenters. The topological polar surface area (TPSA) is 56.2 Å². The number of nitrogens with one attached hydrogen (secondary N) is 1. The number of hydrogen-bond acceptors (Lipinski definition) is 3. The highest BCUT2D eigenvalue weighted by Gasteiger charge is 2.23. The van der Waals surface area contributed by atoms with Crippen molar-refractivity contribution in [3.63, 3.8) is 0 Å². The molecule has 1 heterocycles. The minimum Gasteiger partial charge on any atom is -0.488 e. The Hall–Kier alpha value is -4.00. The molecule has 32 heavy (non-hydrogen) atoms. The lowest BCUT2D eigenvalue weighted by atomic mass is 10.0. The van der Waals surface area contributed by atoms with Gasteiger partial charge >= 0.3 is 0 Å². The molecule has 4 rings (SSSR count). The second-order valence-electron chi connectivity index (χ2n) is 7.27. The van der Waals surface area contributed by atoms with Crippen LogP contribution in [0.1, 0.15) is 33.4 Å². The molecular weight excluding hydrogens is 412 g/mol. The van der Waals surface area contributed by atoms with E-state index >= 15 is 0 Å². The van der Waals surface area contributed by atoms with Crippen molar-refractivity contribution in [3.05, 3.63) is 119 Å². The Kier molecular flexibility index (Phi) is 6.26. The van der Waals surface area contributed by atoms with Crippen LogP contribution < -0.4 is 10.1 Å². The quantitative estimate of drug-likeness (QED) is 0.456. The van der Waals surface area contributed by atoms with Gasteiger partial charge in [0, 0.05) is 19.4 Å². The fourth-order valence-corrected chi connectivity index (χ4v) is 3.34. The number of hydrogen-bond donors (Lipinski definition) is 1. The van der Waals surface area contributed by atoms with Crippen molar-refractivity contribution in [2.24, 2.45) is 7.05 Å². The molecular formula is C25H21F2N3O2. The Bertz CT molecular complexity index is 1200. The van der Waals surface area contributed by atoms with E-state index in [1.54, 1.807) is 65.5 Å². The summed E-state index contributed by atoms with van der Waals surface area (Å²) in [6.45, 7) is 0.186. The van der Waals surface area contributed by atoms with Crippen molar-refractivity contribution in [2.75, 3.05) is 0 Å². The summed E-state index contributed by atoms with van der Waals surface area (Å²) in [5.41, 5.74) is 1.81. The average molecular weight is 433 g/mol. The standard InChI is InChI=1S/C25H21F2N3O2/c1-30-15-14-28-24(30)23(18-8-12-20(27)13-9-18)29-25(31)21-4-2-3-5-22(21)32-16-17-6-10-19(26)11-7-17/h2-15,23H,16H2,1H3,(H,29,31)/t23-/m0/s1. The number of carbonyl (C=O) groups excluding carboxylic acids is 1. The Balaban J connectivity index is 1.58. The monoisotopic (exact) mass is 433 g/mol. The van der Waals surface area contributed by atoms with E-state index in [2.05, 4.69) is 10.3 Å². The second kappa shape index (κ2) is 9.43. The number of imidazole rings is 1. The van der Waals surface area contributed by atoms with E-state index in [1.165, 1.54) is 24.3 Å². The van der Waals surface area contributed by atoms with Crippen LogP contribution in [0.2, 0.25) is 0 Å². The summed E-state index contributed by atoms with van der Waals surface area (Å²) in [6.07, 6.45) is 3.41. The molecule has 5 nitrogen and oxygen atoms in total. The number of benzene rings is 3. The third-order valence-electron chi connectivity index (χ3n) is 5.03.